The van der Waals surface area contributed by atoms with Gasteiger partial charge in [-0.3, -0.25) is 4.90 Å². The van der Waals surface area contributed by atoms with E-state index in [4.69, 9.17) is 0 Å². The number of hydrogen-bond donors (Lipinski definition) is 2. The van der Waals surface area contributed by atoms with Gasteiger partial charge in [0.2, 0.25) is 0 Å². The molecule has 1 aromatic heterocycles. The average molecular weight is 254 g/mol. The maximum Gasteiger partial charge on any atom is 0.0506 e. The standard InChI is InChI=1S/C16H18N2O/c1-18-8-10(9-19)5-13-12-3-2-4-14-16(12)11(7-17-14)6-15(13)18/h2-5,7,10,15,17,19H,6,8-9H2,1H3/t10-,15-/m0/s1. The van der Waals surface area contributed by atoms with E-state index < -0.39 is 0 Å². The number of aromatic nitrogens is 1. The van der Waals surface area contributed by atoms with E-state index in [2.05, 4.69) is 47.4 Å². The number of rotatable bonds is 1. The molecule has 0 saturated heterocycles. The minimum absolute atomic E-state index is 0.233. The molecule has 2 atom stereocenters. The Bertz CT molecular complexity index is 670. The van der Waals surface area contributed by atoms with Crippen LogP contribution in [0.2, 0.25) is 0 Å². The maximum atomic E-state index is 9.47. The van der Waals surface area contributed by atoms with Gasteiger partial charge in [-0.25, -0.2) is 0 Å². The van der Waals surface area contributed by atoms with Gasteiger partial charge in [0.1, 0.15) is 0 Å². The number of aliphatic hydroxyl groups excluding tert-OH is 1. The molecule has 2 N–H and O–H groups in total. The minimum Gasteiger partial charge on any atom is -0.396 e. The summed E-state index contributed by atoms with van der Waals surface area (Å²) in [7, 11) is 2.16. The van der Waals surface area contributed by atoms with Crippen molar-refractivity contribution >= 4 is 16.5 Å². The molecule has 2 aromatic rings. The third-order valence-corrected chi connectivity index (χ3v) is 4.58. The number of aromatic amines is 1. The Labute approximate surface area is 112 Å². The van der Waals surface area contributed by atoms with Gasteiger partial charge in [0.05, 0.1) is 6.61 Å². The van der Waals surface area contributed by atoms with Crippen LogP contribution in [0.4, 0.5) is 0 Å². The van der Waals surface area contributed by atoms with E-state index in [1.54, 1.807) is 0 Å². The summed E-state index contributed by atoms with van der Waals surface area (Å²) in [6.07, 6.45) is 5.50. The van der Waals surface area contributed by atoms with Gasteiger partial charge in [-0.1, -0.05) is 18.2 Å². The highest BCUT2D eigenvalue weighted by atomic mass is 16.3. The van der Waals surface area contributed by atoms with Crippen molar-refractivity contribution in [3.8, 4) is 0 Å². The highest BCUT2D eigenvalue weighted by Gasteiger charge is 2.33. The first-order chi connectivity index (χ1) is 9.28. The second kappa shape index (κ2) is 3.95. The lowest BCUT2D eigenvalue weighted by Crippen LogP contribution is -2.43. The van der Waals surface area contributed by atoms with Crippen LogP contribution in [0.3, 0.4) is 0 Å². The van der Waals surface area contributed by atoms with Crippen molar-refractivity contribution in [2.45, 2.75) is 12.5 Å². The molecule has 19 heavy (non-hydrogen) atoms. The van der Waals surface area contributed by atoms with Crippen molar-refractivity contribution in [3.63, 3.8) is 0 Å². The molecule has 1 aliphatic carbocycles. The molecule has 4 rings (SSSR count). The molecule has 2 aliphatic rings. The number of likely N-dealkylation sites (N-methyl/N-ethyl adjacent to an activating group) is 1. The van der Waals surface area contributed by atoms with Crippen LogP contribution in [0.5, 0.6) is 0 Å². The highest BCUT2D eigenvalue weighted by Crippen LogP contribution is 2.40. The van der Waals surface area contributed by atoms with Crippen LogP contribution in [0.15, 0.2) is 30.5 Å². The largest absolute Gasteiger partial charge is 0.396 e. The fraction of sp³-hybridized carbons (Fsp3) is 0.375. The molecule has 0 unspecified atom stereocenters. The van der Waals surface area contributed by atoms with Crippen molar-refractivity contribution in [2.75, 3.05) is 20.2 Å². The molecule has 0 radical (unpaired) electrons. The van der Waals surface area contributed by atoms with Gasteiger partial charge < -0.3 is 10.1 Å². The molecular weight excluding hydrogens is 236 g/mol. The quantitative estimate of drug-likeness (QED) is 0.817. The van der Waals surface area contributed by atoms with E-state index in [9.17, 15) is 5.11 Å². The van der Waals surface area contributed by atoms with Gasteiger partial charge in [0.25, 0.3) is 0 Å². The summed E-state index contributed by atoms with van der Waals surface area (Å²) < 4.78 is 0. The predicted molar refractivity (Wildman–Crippen MR) is 77.0 cm³/mol. The maximum absolute atomic E-state index is 9.47. The molecule has 1 aromatic carbocycles. The number of fused-ring (bicyclic) bond motifs is 2. The van der Waals surface area contributed by atoms with E-state index >= 15 is 0 Å². The minimum atomic E-state index is 0.233. The van der Waals surface area contributed by atoms with Gasteiger partial charge in [-0.15, -0.1) is 0 Å². The SMILES string of the molecule is CN1C[C@@H](CO)C=C2c3cccc4[nH]cc(c34)C[C@@H]21. The lowest BCUT2D eigenvalue weighted by molar-refractivity contribution is 0.181. The Morgan fingerprint density at radius 1 is 1.42 bits per heavy atom. The first-order valence-corrected chi connectivity index (χ1v) is 6.90. The zero-order chi connectivity index (χ0) is 13.0. The Hall–Kier alpha value is -1.58. The number of hydrogen-bond acceptors (Lipinski definition) is 2. The van der Waals surface area contributed by atoms with Crippen molar-refractivity contribution in [1.82, 2.24) is 9.88 Å². The topological polar surface area (TPSA) is 39.3 Å². The third-order valence-electron chi connectivity index (χ3n) is 4.58. The molecule has 1 aliphatic heterocycles. The van der Waals surface area contributed by atoms with Crippen LogP contribution in [0.25, 0.3) is 16.5 Å². The first-order valence-electron chi connectivity index (χ1n) is 6.90. The molecule has 0 spiro atoms. The second-order valence-corrected chi connectivity index (χ2v) is 5.77. The third kappa shape index (κ3) is 1.52. The normalized spacial score (nSPS) is 26.3. The zero-order valence-corrected chi connectivity index (χ0v) is 11.1. The Morgan fingerprint density at radius 2 is 2.32 bits per heavy atom. The highest BCUT2D eigenvalue weighted by molar-refractivity contribution is 5.98. The van der Waals surface area contributed by atoms with Crippen LogP contribution in [0.1, 0.15) is 11.1 Å². The number of aliphatic hydroxyl groups is 1. The van der Waals surface area contributed by atoms with Crippen molar-refractivity contribution in [3.05, 3.63) is 41.6 Å². The molecule has 0 fully saturated rings. The van der Waals surface area contributed by atoms with Gasteiger partial charge in [0.15, 0.2) is 0 Å². The molecule has 0 amide bonds. The summed E-state index contributed by atoms with van der Waals surface area (Å²) >= 11 is 0. The lowest BCUT2D eigenvalue weighted by atomic mass is 9.80. The van der Waals surface area contributed by atoms with Gasteiger partial charge >= 0.3 is 0 Å². The van der Waals surface area contributed by atoms with Crippen LogP contribution >= 0.6 is 0 Å². The summed E-state index contributed by atoms with van der Waals surface area (Å²) in [5.74, 6) is 0.256. The Morgan fingerprint density at radius 3 is 3.16 bits per heavy atom. The summed E-state index contributed by atoms with van der Waals surface area (Å²) in [5.41, 5.74) is 5.38. The molecule has 0 saturated carbocycles. The van der Waals surface area contributed by atoms with Crippen LogP contribution in [-0.2, 0) is 6.42 Å². The Balaban J connectivity index is 1.97. The van der Waals surface area contributed by atoms with Crippen LogP contribution < -0.4 is 0 Å². The molecule has 3 nitrogen and oxygen atoms in total. The number of H-pyrrole nitrogens is 1. The van der Waals surface area contributed by atoms with Gasteiger partial charge in [0, 0.05) is 35.6 Å². The molecule has 0 bridgehead atoms. The second-order valence-electron chi connectivity index (χ2n) is 5.77. The summed E-state index contributed by atoms with van der Waals surface area (Å²) in [6, 6.07) is 6.92. The molecular formula is C16H18N2O. The van der Waals surface area contributed by atoms with Crippen molar-refractivity contribution in [2.24, 2.45) is 5.92 Å². The fourth-order valence-electron chi connectivity index (χ4n) is 3.66. The fourth-order valence-corrected chi connectivity index (χ4v) is 3.66. The molecule has 2 heterocycles. The predicted octanol–water partition coefficient (Wildman–Crippen LogP) is 2.03. The zero-order valence-electron chi connectivity index (χ0n) is 11.1. The van der Waals surface area contributed by atoms with E-state index in [1.807, 2.05) is 0 Å². The number of nitrogens with one attached hydrogen (secondary N) is 1. The number of benzene rings is 1. The van der Waals surface area contributed by atoms with E-state index in [0.29, 0.717) is 6.04 Å². The van der Waals surface area contributed by atoms with Crippen molar-refractivity contribution in [1.29, 1.82) is 0 Å². The average Bonchev–Trinajstić information content (AvgIpc) is 2.85. The molecule has 3 heteroatoms. The summed E-state index contributed by atoms with van der Waals surface area (Å²) in [4.78, 5) is 5.75. The number of nitrogens with zero attached hydrogens (tertiary/aromatic N) is 1. The van der Waals surface area contributed by atoms with E-state index in [-0.39, 0.29) is 12.5 Å². The first kappa shape index (κ1) is 11.3. The van der Waals surface area contributed by atoms with Gasteiger partial charge in [-0.05, 0) is 36.2 Å². The van der Waals surface area contributed by atoms with Crippen LogP contribution in [-0.4, -0.2) is 41.2 Å². The summed E-state index contributed by atoms with van der Waals surface area (Å²) in [5, 5.41) is 10.8. The van der Waals surface area contributed by atoms with E-state index in [0.717, 1.165) is 13.0 Å². The summed E-state index contributed by atoms with van der Waals surface area (Å²) in [6.45, 7) is 1.18. The Kier molecular flexibility index (Phi) is 2.34. The smallest absolute Gasteiger partial charge is 0.0506 e. The lowest BCUT2D eigenvalue weighted by Gasteiger charge is -2.39. The molecule has 98 valence electrons. The van der Waals surface area contributed by atoms with Crippen molar-refractivity contribution < 1.29 is 5.11 Å². The monoisotopic (exact) mass is 254 g/mol. The van der Waals surface area contributed by atoms with Gasteiger partial charge in [-0.2, -0.15) is 0 Å². The van der Waals surface area contributed by atoms with E-state index in [1.165, 1.54) is 27.6 Å². The van der Waals surface area contributed by atoms with Crippen LogP contribution in [0, 0.1) is 5.92 Å².